The van der Waals surface area contributed by atoms with Gasteiger partial charge < -0.3 is 14.2 Å². The molecule has 1 aromatic rings. The Bertz CT molecular complexity index is 430. The maximum absolute atomic E-state index is 5.69. The van der Waals surface area contributed by atoms with E-state index in [1.165, 1.54) is 5.56 Å². The summed E-state index contributed by atoms with van der Waals surface area (Å²) in [5.74, 6) is 2.16. The van der Waals surface area contributed by atoms with Gasteiger partial charge in [0.1, 0.15) is 0 Å². The maximum Gasteiger partial charge on any atom is 0.161 e. The molecule has 0 aromatic heterocycles. The van der Waals surface area contributed by atoms with Crippen molar-refractivity contribution in [3.05, 3.63) is 23.8 Å². The van der Waals surface area contributed by atoms with E-state index in [4.69, 9.17) is 14.2 Å². The van der Waals surface area contributed by atoms with Crippen LogP contribution in [0.5, 0.6) is 11.5 Å². The molecule has 0 saturated carbocycles. The first-order chi connectivity index (χ1) is 9.69. The summed E-state index contributed by atoms with van der Waals surface area (Å²) < 4.78 is 16.9. The molecule has 0 N–H and O–H groups in total. The van der Waals surface area contributed by atoms with Gasteiger partial charge in [-0.15, -0.1) is 0 Å². The second-order valence-electron chi connectivity index (χ2n) is 5.33. The Balaban J connectivity index is 2.05. The molecule has 3 heteroatoms. The summed E-state index contributed by atoms with van der Waals surface area (Å²) in [5.41, 5.74) is 1.29. The Morgan fingerprint density at radius 3 is 2.35 bits per heavy atom. The van der Waals surface area contributed by atoms with Gasteiger partial charge >= 0.3 is 0 Å². The minimum atomic E-state index is 0.442. The highest BCUT2D eigenvalue weighted by molar-refractivity contribution is 5.44. The fourth-order valence-electron chi connectivity index (χ4n) is 2.60. The van der Waals surface area contributed by atoms with Crippen molar-refractivity contribution < 1.29 is 14.2 Å². The lowest BCUT2D eigenvalue weighted by molar-refractivity contribution is 0.287. The van der Waals surface area contributed by atoms with Crippen molar-refractivity contribution in [3.63, 3.8) is 0 Å². The summed E-state index contributed by atoms with van der Waals surface area (Å²) >= 11 is 0. The predicted octanol–water partition coefficient (Wildman–Crippen LogP) is 4.16. The van der Waals surface area contributed by atoms with Crippen LogP contribution >= 0.6 is 0 Å². The minimum Gasteiger partial charge on any atom is -0.490 e. The molecule has 3 nitrogen and oxygen atoms in total. The molecule has 112 valence electrons. The lowest BCUT2D eigenvalue weighted by Gasteiger charge is -2.15. The molecule has 0 aliphatic carbocycles. The molecule has 20 heavy (non-hydrogen) atoms. The van der Waals surface area contributed by atoms with Gasteiger partial charge in [-0.25, -0.2) is 0 Å². The second kappa shape index (κ2) is 6.98. The molecule has 1 aliphatic heterocycles. The SMILES string of the molecule is CCOc1ccc(C(C)CC2OC2CC)cc1OCC. The van der Waals surface area contributed by atoms with E-state index in [-0.39, 0.29) is 0 Å². The molecule has 0 spiro atoms. The van der Waals surface area contributed by atoms with E-state index in [1.807, 2.05) is 19.9 Å². The van der Waals surface area contributed by atoms with Gasteiger partial charge in [0.2, 0.25) is 0 Å². The summed E-state index contributed by atoms with van der Waals surface area (Å²) in [6.07, 6.45) is 3.12. The van der Waals surface area contributed by atoms with Crippen molar-refractivity contribution in [2.24, 2.45) is 0 Å². The van der Waals surface area contributed by atoms with Crippen molar-refractivity contribution in [3.8, 4) is 11.5 Å². The van der Waals surface area contributed by atoms with E-state index in [0.29, 0.717) is 31.3 Å². The van der Waals surface area contributed by atoms with Crippen LogP contribution in [0.2, 0.25) is 0 Å². The molecule has 1 saturated heterocycles. The first kappa shape index (κ1) is 15.2. The summed E-state index contributed by atoms with van der Waals surface area (Å²) in [7, 11) is 0. The highest BCUT2D eigenvalue weighted by Crippen LogP contribution is 2.37. The minimum absolute atomic E-state index is 0.442. The zero-order valence-electron chi connectivity index (χ0n) is 13.0. The highest BCUT2D eigenvalue weighted by Gasteiger charge is 2.37. The highest BCUT2D eigenvalue weighted by atomic mass is 16.6. The molecular weight excluding hydrogens is 252 g/mol. The summed E-state index contributed by atoms with van der Waals surface area (Å²) in [6.45, 7) is 9.72. The Morgan fingerprint density at radius 1 is 1.05 bits per heavy atom. The molecule has 0 amide bonds. The number of epoxide rings is 1. The van der Waals surface area contributed by atoms with Gasteiger partial charge in [0, 0.05) is 0 Å². The van der Waals surface area contributed by atoms with Crippen LogP contribution in [-0.2, 0) is 4.74 Å². The molecule has 3 atom stereocenters. The fourth-order valence-corrected chi connectivity index (χ4v) is 2.60. The first-order valence-corrected chi connectivity index (χ1v) is 7.74. The monoisotopic (exact) mass is 278 g/mol. The maximum atomic E-state index is 5.69. The zero-order valence-corrected chi connectivity index (χ0v) is 13.0. The first-order valence-electron chi connectivity index (χ1n) is 7.74. The Labute approximate surface area is 122 Å². The van der Waals surface area contributed by atoms with Crippen molar-refractivity contribution in [2.45, 2.75) is 58.7 Å². The second-order valence-corrected chi connectivity index (χ2v) is 5.33. The lowest BCUT2D eigenvalue weighted by atomic mass is 9.94. The van der Waals surface area contributed by atoms with Crippen LogP contribution in [0.25, 0.3) is 0 Å². The van der Waals surface area contributed by atoms with Gasteiger partial charge in [-0.05, 0) is 50.3 Å². The normalized spacial score (nSPS) is 22.4. The van der Waals surface area contributed by atoms with E-state index in [2.05, 4.69) is 26.0 Å². The average Bonchev–Trinajstić information content (AvgIpc) is 3.19. The van der Waals surface area contributed by atoms with Crippen molar-refractivity contribution in [1.29, 1.82) is 0 Å². The van der Waals surface area contributed by atoms with Crippen LogP contribution in [0, 0.1) is 0 Å². The molecule has 1 aliphatic rings. The van der Waals surface area contributed by atoms with Crippen molar-refractivity contribution >= 4 is 0 Å². The number of rotatable bonds is 8. The van der Waals surface area contributed by atoms with Crippen LogP contribution in [0.3, 0.4) is 0 Å². The molecule has 3 unspecified atom stereocenters. The van der Waals surface area contributed by atoms with Gasteiger partial charge in [0.15, 0.2) is 11.5 Å². The van der Waals surface area contributed by atoms with E-state index in [9.17, 15) is 0 Å². The van der Waals surface area contributed by atoms with Gasteiger partial charge in [-0.1, -0.05) is 19.9 Å². The van der Waals surface area contributed by atoms with E-state index in [0.717, 1.165) is 24.3 Å². The lowest BCUT2D eigenvalue weighted by Crippen LogP contribution is -2.03. The van der Waals surface area contributed by atoms with Gasteiger partial charge in [0.05, 0.1) is 25.4 Å². The van der Waals surface area contributed by atoms with Crippen molar-refractivity contribution in [1.82, 2.24) is 0 Å². The number of ether oxygens (including phenoxy) is 3. The molecular formula is C17H26O3. The standard InChI is InChI=1S/C17H26O3/c1-5-14-17(20-14)10-12(4)13-8-9-15(18-6-2)16(11-13)19-7-3/h8-9,11-12,14,17H,5-7,10H2,1-4H3. The van der Waals surface area contributed by atoms with Crippen LogP contribution in [-0.4, -0.2) is 25.4 Å². The van der Waals surface area contributed by atoms with Crippen LogP contribution in [0.1, 0.15) is 52.0 Å². The Morgan fingerprint density at radius 2 is 1.75 bits per heavy atom. The third kappa shape index (κ3) is 3.66. The Kier molecular flexibility index (Phi) is 5.30. The molecule has 1 fully saturated rings. The van der Waals surface area contributed by atoms with Gasteiger partial charge in [-0.3, -0.25) is 0 Å². The fraction of sp³-hybridized carbons (Fsp3) is 0.647. The predicted molar refractivity (Wildman–Crippen MR) is 80.8 cm³/mol. The summed E-state index contributed by atoms with van der Waals surface area (Å²) in [6, 6.07) is 6.27. The molecule has 1 heterocycles. The van der Waals surface area contributed by atoms with Crippen molar-refractivity contribution in [2.75, 3.05) is 13.2 Å². The Hall–Kier alpha value is -1.22. The van der Waals surface area contributed by atoms with Crippen LogP contribution in [0.4, 0.5) is 0 Å². The molecule has 0 bridgehead atoms. The van der Waals surface area contributed by atoms with E-state index in [1.54, 1.807) is 0 Å². The molecule has 0 radical (unpaired) electrons. The van der Waals surface area contributed by atoms with Gasteiger partial charge in [-0.2, -0.15) is 0 Å². The molecule has 2 rings (SSSR count). The number of hydrogen-bond donors (Lipinski definition) is 0. The average molecular weight is 278 g/mol. The third-order valence-corrected chi connectivity index (χ3v) is 3.81. The summed E-state index contributed by atoms with van der Waals surface area (Å²) in [5, 5.41) is 0. The van der Waals surface area contributed by atoms with E-state index < -0.39 is 0 Å². The number of hydrogen-bond acceptors (Lipinski definition) is 3. The smallest absolute Gasteiger partial charge is 0.161 e. The summed E-state index contributed by atoms with van der Waals surface area (Å²) in [4.78, 5) is 0. The van der Waals surface area contributed by atoms with Crippen LogP contribution in [0.15, 0.2) is 18.2 Å². The van der Waals surface area contributed by atoms with Gasteiger partial charge in [0.25, 0.3) is 0 Å². The topological polar surface area (TPSA) is 31.0 Å². The number of benzene rings is 1. The van der Waals surface area contributed by atoms with Crippen LogP contribution < -0.4 is 9.47 Å². The third-order valence-electron chi connectivity index (χ3n) is 3.81. The quantitative estimate of drug-likeness (QED) is 0.669. The van der Waals surface area contributed by atoms with E-state index >= 15 is 0 Å². The zero-order chi connectivity index (χ0) is 14.5. The molecule has 1 aromatic carbocycles. The largest absolute Gasteiger partial charge is 0.490 e.